The van der Waals surface area contributed by atoms with E-state index in [2.05, 4.69) is 22.2 Å². The number of aliphatic hydroxyl groups is 1. The topological polar surface area (TPSA) is 60.9 Å². The third kappa shape index (κ3) is 3.16. The summed E-state index contributed by atoms with van der Waals surface area (Å²) in [5.74, 6) is 1.20. The number of nitrogens with zero attached hydrogens (tertiary/aromatic N) is 1. The van der Waals surface area contributed by atoms with Crippen molar-refractivity contribution >= 4 is 0 Å². The van der Waals surface area contributed by atoms with E-state index in [1.165, 1.54) is 0 Å². The third-order valence-corrected chi connectivity index (χ3v) is 2.29. The quantitative estimate of drug-likeness (QED) is 0.623. The Bertz CT molecular complexity index is 223. The summed E-state index contributed by atoms with van der Waals surface area (Å²) in [7, 11) is 0. The van der Waals surface area contributed by atoms with Crippen LogP contribution < -0.4 is 5.32 Å². The van der Waals surface area contributed by atoms with E-state index in [9.17, 15) is 0 Å². The molecule has 0 spiro atoms. The molecule has 0 amide bonds. The molecule has 3 N–H and O–H groups in total. The largest absolute Gasteiger partial charge is 0.396 e. The van der Waals surface area contributed by atoms with Crippen LogP contribution in [0.15, 0.2) is 12.4 Å². The Labute approximate surface area is 78.4 Å². The molecule has 0 saturated carbocycles. The molecule has 1 aromatic heterocycles. The molecule has 0 saturated heterocycles. The van der Waals surface area contributed by atoms with Gasteiger partial charge in [0.25, 0.3) is 0 Å². The first-order chi connectivity index (χ1) is 6.24. The molecule has 0 aliphatic carbocycles. The molecule has 2 atom stereocenters. The highest BCUT2D eigenvalue weighted by atomic mass is 16.3. The molecule has 1 heterocycles. The van der Waals surface area contributed by atoms with Crippen LogP contribution in [0.4, 0.5) is 0 Å². The molecular weight excluding hydrogens is 166 g/mol. The van der Waals surface area contributed by atoms with E-state index in [0.29, 0.717) is 6.04 Å². The van der Waals surface area contributed by atoms with Gasteiger partial charge in [0.1, 0.15) is 5.82 Å². The molecule has 13 heavy (non-hydrogen) atoms. The van der Waals surface area contributed by atoms with E-state index in [4.69, 9.17) is 5.11 Å². The van der Waals surface area contributed by atoms with Gasteiger partial charge in [0.15, 0.2) is 0 Å². The minimum absolute atomic E-state index is 0.215. The fourth-order valence-electron chi connectivity index (χ4n) is 1.01. The van der Waals surface area contributed by atoms with Crippen LogP contribution >= 0.6 is 0 Å². The van der Waals surface area contributed by atoms with Crippen molar-refractivity contribution in [2.75, 3.05) is 6.61 Å². The number of H-pyrrole nitrogens is 1. The van der Waals surface area contributed by atoms with Crippen molar-refractivity contribution in [3.63, 3.8) is 0 Å². The predicted octanol–water partition coefficient (Wildman–Crippen LogP) is 0.516. The zero-order valence-electron chi connectivity index (χ0n) is 8.12. The van der Waals surface area contributed by atoms with Gasteiger partial charge in [0.05, 0.1) is 6.54 Å². The summed E-state index contributed by atoms with van der Waals surface area (Å²) in [6.07, 6.45) is 3.54. The Kier molecular flexibility index (Phi) is 3.92. The summed E-state index contributed by atoms with van der Waals surface area (Å²) in [4.78, 5) is 7.11. The number of nitrogens with one attached hydrogen (secondary N) is 2. The lowest BCUT2D eigenvalue weighted by molar-refractivity contribution is 0.206. The smallest absolute Gasteiger partial charge is 0.120 e. The lowest BCUT2D eigenvalue weighted by atomic mass is 10.1. The lowest BCUT2D eigenvalue weighted by Crippen LogP contribution is -2.33. The number of rotatable bonds is 5. The van der Waals surface area contributed by atoms with Crippen molar-refractivity contribution in [1.82, 2.24) is 15.3 Å². The summed E-state index contributed by atoms with van der Waals surface area (Å²) in [5, 5.41) is 12.2. The monoisotopic (exact) mass is 183 g/mol. The first-order valence-corrected chi connectivity index (χ1v) is 4.56. The van der Waals surface area contributed by atoms with Gasteiger partial charge in [-0.05, 0) is 12.8 Å². The number of hydrogen-bond acceptors (Lipinski definition) is 3. The summed E-state index contributed by atoms with van der Waals surface area (Å²) < 4.78 is 0. The summed E-state index contributed by atoms with van der Waals surface area (Å²) in [6, 6.07) is 0.301. The molecule has 1 rings (SSSR count). The number of aromatic nitrogens is 2. The molecule has 0 bridgehead atoms. The number of hydrogen-bond donors (Lipinski definition) is 3. The maximum atomic E-state index is 8.90. The zero-order chi connectivity index (χ0) is 9.68. The van der Waals surface area contributed by atoms with Crippen LogP contribution in [0.2, 0.25) is 0 Å². The summed E-state index contributed by atoms with van der Waals surface area (Å²) in [6.45, 7) is 5.01. The highest BCUT2D eigenvalue weighted by Gasteiger charge is 2.10. The highest BCUT2D eigenvalue weighted by Crippen LogP contribution is 2.01. The summed E-state index contributed by atoms with van der Waals surface area (Å²) in [5.41, 5.74) is 0. The zero-order valence-corrected chi connectivity index (χ0v) is 8.12. The van der Waals surface area contributed by atoms with Crippen LogP contribution in [0, 0.1) is 5.92 Å². The van der Waals surface area contributed by atoms with E-state index in [0.717, 1.165) is 12.4 Å². The van der Waals surface area contributed by atoms with Crippen molar-refractivity contribution in [2.45, 2.75) is 26.4 Å². The van der Waals surface area contributed by atoms with Gasteiger partial charge in [-0.25, -0.2) is 4.98 Å². The van der Waals surface area contributed by atoms with Gasteiger partial charge in [-0.2, -0.15) is 0 Å². The first kappa shape index (κ1) is 10.2. The molecule has 4 heteroatoms. The second kappa shape index (κ2) is 4.99. The summed E-state index contributed by atoms with van der Waals surface area (Å²) >= 11 is 0. The third-order valence-electron chi connectivity index (χ3n) is 2.29. The van der Waals surface area contributed by atoms with Crippen LogP contribution in [-0.2, 0) is 6.54 Å². The molecule has 0 aliphatic heterocycles. The molecule has 74 valence electrons. The van der Waals surface area contributed by atoms with E-state index in [1.807, 2.05) is 6.92 Å². The van der Waals surface area contributed by atoms with Crippen molar-refractivity contribution in [2.24, 2.45) is 5.92 Å². The van der Waals surface area contributed by atoms with Crippen LogP contribution in [-0.4, -0.2) is 27.7 Å². The van der Waals surface area contributed by atoms with Gasteiger partial charge in [-0.3, -0.25) is 0 Å². The van der Waals surface area contributed by atoms with Gasteiger partial charge in [0.2, 0.25) is 0 Å². The van der Waals surface area contributed by atoms with Gasteiger partial charge in [-0.1, -0.05) is 6.92 Å². The SMILES string of the molecule is CC(CO)C(C)NCc1ncc[nH]1. The average Bonchev–Trinajstić information content (AvgIpc) is 2.65. The van der Waals surface area contributed by atoms with Crippen molar-refractivity contribution < 1.29 is 5.11 Å². The minimum Gasteiger partial charge on any atom is -0.396 e. The number of aliphatic hydroxyl groups excluding tert-OH is 1. The molecule has 0 fully saturated rings. The highest BCUT2D eigenvalue weighted by molar-refractivity contribution is 4.86. The molecule has 0 aliphatic rings. The average molecular weight is 183 g/mol. The van der Waals surface area contributed by atoms with E-state index in [1.54, 1.807) is 12.4 Å². The Hall–Kier alpha value is -0.870. The molecular formula is C9H17N3O. The molecule has 0 radical (unpaired) electrons. The molecule has 1 aromatic rings. The van der Waals surface area contributed by atoms with E-state index in [-0.39, 0.29) is 12.5 Å². The van der Waals surface area contributed by atoms with Crippen LogP contribution in [0.1, 0.15) is 19.7 Å². The minimum atomic E-state index is 0.215. The fraction of sp³-hybridized carbons (Fsp3) is 0.667. The van der Waals surface area contributed by atoms with Crippen molar-refractivity contribution in [3.05, 3.63) is 18.2 Å². The second-order valence-electron chi connectivity index (χ2n) is 3.37. The second-order valence-corrected chi connectivity index (χ2v) is 3.37. The Morgan fingerprint density at radius 2 is 2.38 bits per heavy atom. The fourth-order valence-corrected chi connectivity index (χ4v) is 1.01. The first-order valence-electron chi connectivity index (χ1n) is 4.56. The van der Waals surface area contributed by atoms with Gasteiger partial charge in [-0.15, -0.1) is 0 Å². The normalized spacial score (nSPS) is 15.6. The number of aromatic amines is 1. The van der Waals surface area contributed by atoms with Crippen molar-refractivity contribution in [1.29, 1.82) is 0 Å². The molecule has 4 nitrogen and oxygen atoms in total. The van der Waals surface area contributed by atoms with Crippen LogP contribution in [0.3, 0.4) is 0 Å². The van der Waals surface area contributed by atoms with Gasteiger partial charge < -0.3 is 15.4 Å². The standard InChI is InChI=1S/C9H17N3O/c1-7(6-13)8(2)12-5-9-10-3-4-11-9/h3-4,7-8,12-13H,5-6H2,1-2H3,(H,10,11). The van der Waals surface area contributed by atoms with E-state index < -0.39 is 0 Å². The lowest BCUT2D eigenvalue weighted by Gasteiger charge is -2.18. The number of imidazole rings is 1. The Morgan fingerprint density at radius 1 is 1.62 bits per heavy atom. The Balaban J connectivity index is 2.26. The van der Waals surface area contributed by atoms with Gasteiger partial charge >= 0.3 is 0 Å². The predicted molar refractivity (Wildman–Crippen MR) is 51.1 cm³/mol. The maximum Gasteiger partial charge on any atom is 0.120 e. The van der Waals surface area contributed by atoms with Crippen molar-refractivity contribution in [3.8, 4) is 0 Å². The van der Waals surface area contributed by atoms with Gasteiger partial charge in [0, 0.05) is 25.0 Å². The maximum absolute atomic E-state index is 8.90. The molecule has 2 unspecified atom stereocenters. The van der Waals surface area contributed by atoms with Crippen LogP contribution in [0.25, 0.3) is 0 Å². The molecule has 0 aromatic carbocycles. The Morgan fingerprint density at radius 3 is 2.92 bits per heavy atom. The van der Waals surface area contributed by atoms with E-state index >= 15 is 0 Å². The van der Waals surface area contributed by atoms with Crippen LogP contribution in [0.5, 0.6) is 0 Å².